The van der Waals surface area contributed by atoms with Crippen LogP contribution in [0.2, 0.25) is 5.02 Å². The first-order valence-corrected chi connectivity index (χ1v) is 8.10. The van der Waals surface area contributed by atoms with Gasteiger partial charge in [0.15, 0.2) is 0 Å². The summed E-state index contributed by atoms with van der Waals surface area (Å²) < 4.78 is 0.871. The minimum Gasteiger partial charge on any atom is -0.322 e. The molecule has 1 N–H and O–H groups in total. The van der Waals surface area contributed by atoms with E-state index in [4.69, 9.17) is 11.6 Å². The molecule has 0 saturated heterocycles. The zero-order chi connectivity index (χ0) is 13.8. The SMILES string of the molecule is O=C(Nc1ccccc1CBr)c1cc(Cl)ccc1I. The molecule has 0 aliphatic heterocycles. The summed E-state index contributed by atoms with van der Waals surface area (Å²) in [7, 11) is 0. The fourth-order valence-corrected chi connectivity index (χ4v) is 2.86. The standard InChI is InChI=1S/C14H10BrClINO/c15-8-9-3-1-2-4-13(9)18-14(19)11-7-10(16)5-6-12(11)17/h1-7H,8H2,(H,18,19). The highest BCUT2D eigenvalue weighted by atomic mass is 127. The van der Waals surface area contributed by atoms with Gasteiger partial charge in [-0.2, -0.15) is 0 Å². The Morgan fingerprint density at radius 1 is 1.26 bits per heavy atom. The highest BCUT2D eigenvalue weighted by Gasteiger charge is 2.12. The van der Waals surface area contributed by atoms with Crippen LogP contribution in [-0.2, 0) is 5.33 Å². The van der Waals surface area contributed by atoms with Crippen molar-refractivity contribution in [2.75, 3.05) is 5.32 Å². The number of hydrogen-bond donors (Lipinski definition) is 1. The Bertz CT molecular complexity index is 618. The van der Waals surface area contributed by atoms with Crippen molar-refractivity contribution in [3.63, 3.8) is 0 Å². The van der Waals surface area contributed by atoms with E-state index in [-0.39, 0.29) is 5.91 Å². The molecule has 0 aliphatic rings. The van der Waals surface area contributed by atoms with E-state index in [9.17, 15) is 4.79 Å². The van der Waals surface area contributed by atoms with Crippen LogP contribution in [-0.4, -0.2) is 5.91 Å². The maximum absolute atomic E-state index is 12.3. The summed E-state index contributed by atoms with van der Waals surface area (Å²) >= 11 is 11.5. The van der Waals surface area contributed by atoms with Crippen LogP contribution in [0.25, 0.3) is 0 Å². The van der Waals surface area contributed by atoms with Crippen molar-refractivity contribution in [1.82, 2.24) is 0 Å². The van der Waals surface area contributed by atoms with Crippen LogP contribution in [0.5, 0.6) is 0 Å². The Morgan fingerprint density at radius 2 is 2.00 bits per heavy atom. The third-order valence-corrected chi connectivity index (χ3v) is 4.36. The average Bonchev–Trinajstić information content (AvgIpc) is 2.42. The van der Waals surface area contributed by atoms with Crippen molar-refractivity contribution >= 4 is 61.7 Å². The molecule has 0 spiro atoms. The van der Waals surface area contributed by atoms with Crippen molar-refractivity contribution in [3.8, 4) is 0 Å². The fourth-order valence-electron chi connectivity index (χ4n) is 1.62. The Kier molecular flexibility index (Phi) is 5.24. The monoisotopic (exact) mass is 449 g/mol. The van der Waals surface area contributed by atoms with Crippen molar-refractivity contribution in [2.45, 2.75) is 5.33 Å². The molecule has 2 nitrogen and oxygen atoms in total. The number of benzene rings is 2. The van der Waals surface area contributed by atoms with Gasteiger partial charge >= 0.3 is 0 Å². The average molecular weight is 451 g/mol. The molecule has 0 atom stereocenters. The van der Waals surface area contributed by atoms with Gasteiger partial charge in [-0.25, -0.2) is 0 Å². The molecular weight excluding hydrogens is 440 g/mol. The molecular formula is C14H10BrClINO. The van der Waals surface area contributed by atoms with E-state index >= 15 is 0 Å². The van der Waals surface area contributed by atoms with Crippen LogP contribution < -0.4 is 5.32 Å². The normalized spacial score (nSPS) is 10.3. The number of nitrogens with one attached hydrogen (secondary N) is 1. The van der Waals surface area contributed by atoms with Crippen molar-refractivity contribution in [2.24, 2.45) is 0 Å². The van der Waals surface area contributed by atoms with Crippen molar-refractivity contribution in [1.29, 1.82) is 0 Å². The number of hydrogen-bond acceptors (Lipinski definition) is 1. The van der Waals surface area contributed by atoms with Gasteiger partial charge in [-0.3, -0.25) is 4.79 Å². The number of carbonyl (C=O) groups excluding carboxylic acids is 1. The Hall–Kier alpha value is -0.590. The molecule has 0 aromatic heterocycles. The van der Waals surface area contributed by atoms with Gasteiger partial charge in [0.2, 0.25) is 0 Å². The molecule has 0 fully saturated rings. The number of anilines is 1. The summed E-state index contributed by atoms with van der Waals surface area (Å²) in [5.41, 5.74) is 2.42. The molecule has 2 aromatic carbocycles. The van der Waals surface area contributed by atoms with Crippen LogP contribution in [0, 0.1) is 3.57 Å². The summed E-state index contributed by atoms with van der Waals surface area (Å²) in [5, 5.41) is 4.16. The summed E-state index contributed by atoms with van der Waals surface area (Å²) in [6.07, 6.45) is 0. The van der Waals surface area contributed by atoms with Gasteiger partial charge in [0.25, 0.3) is 5.91 Å². The van der Waals surface area contributed by atoms with Gasteiger partial charge in [0.05, 0.1) is 5.56 Å². The lowest BCUT2D eigenvalue weighted by Gasteiger charge is -2.10. The van der Waals surface area contributed by atoms with Crippen molar-refractivity contribution < 1.29 is 4.79 Å². The Morgan fingerprint density at radius 3 is 2.74 bits per heavy atom. The Balaban J connectivity index is 2.28. The van der Waals surface area contributed by atoms with Gasteiger partial charge in [-0.1, -0.05) is 45.7 Å². The van der Waals surface area contributed by atoms with Crippen LogP contribution >= 0.6 is 50.1 Å². The van der Waals surface area contributed by atoms with Gasteiger partial charge in [0.1, 0.15) is 0 Å². The topological polar surface area (TPSA) is 29.1 Å². The number of para-hydroxylation sites is 1. The molecule has 5 heteroatoms. The van der Waals surface area contributed by atoms with E-state index in [1.165, 1.54) is 0 Å². The van der Waals surface area contributed by atoms with Gasteiger partial charge in [0, 0.05) is 19.6 Å². The molecule has 1 amide bonds. The van der Waals surface area contributed by atoms with Crippen LogP contribution in [0.3, 0.4) is 0 Å². The summed E-state index contributed by atoms with van der Waals surface area (Å²) in [4.78, 5) is 12.3. The first-order chi connectivity index (χ1) is 9.11. The molecule has 0 bridgehead atoms. The minimum atomic E-state index is -0.152. The predicted molar refractivity (Wildman–Crippen MR) is 91.2 cm³/mol. The fraction of sp³-hybridized carbons (Fsp3) is 0.0714. The quantitative estimate of drug-likeness (QED) is 0.512. The first kappa shape index (κ1) is 14.8. The number of halogens is 3. The first-order valence-electron chi connectivity index (χ1n) is 5.52. The lowest BCUT2D eigenvalue weighted by Crippen LogP contribution is -2.14. The molecule has 98 valence electrons. The third-order valence-electron chi connectivity index (χ3n) is 2.58. The number of carbonyl (C=O) groups is 1. The summed E-state index contributed by atoms with van der Waals surface area (Å²) in [5.74, 6) is -0.152. The van der Waals surface area contributed by atoms with Crippen molar-refractivity contribution in [3.05, 3.63) is 62.2 Å². The molecule has 2 aromatic rings. The molecule has 0 unspecified atom stereocenters. The third kappa shape index (κ3) is 3.70. The Labute approximate surface area is 138 Å². The van der Waals surface area contributed by atoms with Gasteiger partial charge in [-0.15, -0.1) is 0 Å². The molecule has 0 heterocycles. The molecule has 0 radical (unpaired) electrons. The van der Waals surface area contributed by atoms with Crippen LogP contribution in [0.1, 0.15) is 15.9 Å². The van der Waals surface area contributed by atoms with E-state index in [1.807, 2.05) is 30.3 Å². The van der Waals surface area contributed by atoms with E-state index in [1.54, 1.807) is 12.1 Å². The van der Waals surface area contributed by atoms with E-state index < -0.39 is 0 Å². The highest BCUT2D eigenvalue weighted by Crippen LogP contribution is 2.22. The zero-order valence-corrected chi connectivity index (χ0v) is 14.3. The maximum atomic E-state index is 12.3. The van der Waals surface area contributed by atoms with Crippen LogP contribution in [0.4, 0.5) is 5.69 Å². The minimum absolute atomic E-state index is 0.152. The zero-order valence-electron chi connectivity index (χ0n) is 9.79. The second-order valence-corrected chi connectivity index (χ2v) is 6.03. The second kappa shape index (κ2) is 6.72. The van der Waals surface area contributed by atoms with Gasteiger partial charge < -0.3 is 5.32 Å². The lowest BCUT2D eigenvalue weighted by atomic mass is 10.1. The van der Waals surface area contributed by atoms with E-state index in [2.05, 4.69) is 43.8 Å². The smallest absolute Gasteiger partial charge is 0.256 e. The predicted octanol–water partition coefficient (Wildman–Crippen LogP) is 5.09. The largest absolute Gasteiger partial charge is 0.322 e. The van der Waals surface area contributed by atoms with Gasteiger partial charge in [-0.05, 0) is 52.4 Å². The second-order valence-electron chi connectivity index (χ2n) is 3.87. The number of amides is 1. The van der Waals surface area contributed by atoms with E-state index in [0.29, 0.717) is 15.9 Å². The number of rotatable bonds is 3. The van der Waals surface area contributed by atoms with E-state index in [0.717, 1.165) is 14.8 Å². The maximum Gasteiger partial charge on any atom is 0.256 e. The lowest BCUT2D eigenvalue weighted by molar-refractivity contribution is 0.102. The molecule has 0 aliphatic carbocycles. The molecule has 2 rings (SSSR count). The summed E-state index contributed by atoms with van der Waals surface area (Å²) in [6.45, 7) is 0. The number of alkyl halides is 1. The molecule has 0 saturated carbocycles. The molecule has 19 heavy (non-hydrogen) atoms. The highest BCUT2D eigenvalue weighted by molar-refractivity contribution is 14.1. The van der Waals surface area contributed by atoms with Crippen LogP contribution in [0.15, 0.2) is 42.5 Å². The summed E-state index contributed by atoms with van der Waals surface area (Å²) in [6, 6.07) is 13.0.